The van der Waals surface area contributed by atoms with Crippen LogP contribution in [0.15, 0.2) is 17.2 Å². The van der Waals surface area contributed by atoms with E-state index < -0.39 is 0 Å². The monoisotopic (exact) mass is 329 g/mol. The van der Waals surface area contributed by atoms with Gasteiger partial charge in [-0.3, -0.25) is 5.43 Å². The zero-order valence-electron chi connectivity index (χ0n) is 12.6. The van der Waals surface area contributed by atoms with Gasteiger partial charge in [0.05, 0.1) is 23.9 Å². The van der Waals surface area contributed by atoms with Gasteiger partial charge in [-0.25, -0.2) is 0 Å². The zero-order chi connectivity index (χ0) is 15.8. The summed E-state index contributed by atoms with van der Waals surface area (Å²) in [6.45, 7) is 6.29. The Kier molecular flexibility index (Phi) is 7.25. The minimum atomic E-state index is 0.0101. The fraction of sp³-hybridized carbons (Fsp3) is 0.429. The Morgan fingerprint density at radius 1 is 1.48 bits per heavy atom. The Balaban J connectivity index is 3.00. The van der Waals surface area contributed by atoms with Crippen molar-refractivity contribution < 1.29 is 9.47 Å². The number of rotatable bonds is 6. The van der Waals surface area contributed by atoms with Crippen molar-refractivity contribution in [2.45, 2.75) is 26.9 Å². The van der Waals surface area contributed by atoms with Crippen molar-refractivity contribution in [1.82, 2.24) is 10.7 Å². The highest BCUT2D eigenvalue weighted by Crippen LogP contribution is 2.37. The fourth-order valence-electron chi connectivity index (χ4n) is 1.50. The van der Waals surface area contributed by atoms with Crippen LogP contribution >= 0.6 is 23.8 Å². The van der Waals surface area contributed by atoms with E-state index in [1.807, 2.05) is 26.8 Å². The topological polar surface area (TPSA) is 54.9 Å². The summed E-state index contributed by atoms with van der Waals surface area (Å²) < 4.78 is 11.3. The normalized spacial score (nSPS) is 10.8. The van der Waals surface area contributed by atoms with E-state index >= 15 is 0 Å². The predicted molar refractivity (Wildman–Crippen MR) is 90.8 cm³/mol. The SMILES string of the molecule is CCOc1cc(/C=N/NC(=S)NC)cc(Cl)c1OC(C)C. The van der Waals surface area contributed by atoms with Gasteiger partial charge in [0.2, 0.25) is 0 Å². The molecule has 1 aromatic rings. The van der Waals surface area contributed by atoms with Crippen LogP contribution < -0.4 is 20.2 Å². The van der Waals surface area contributed by atoms with Gasteiger partial charge in [0.25, 0.3) is 0 Å². The number of benzene rings is 1. The van der Waals surface area contributed by atoms with Crippen LogP contribution in [0.2, 0.25) is 5.02 Å². The maximum Gasteiger partial charge on any atom is 0.186 e. The van der Waals surface area contributed by atoms with Crippen molar-refractivity contribution in [3.8, 4) is 11.5 Å². The molecule has 0 heterocycles. The van der Waals surface area contributed by atoms with Crippen LogP contribution in [0.5, 0.6) is 11.5 Å². The minimum absolute atomic E-state index is 0.0101. The molecular weight excluding hydrogens is 310 g/mol. The van der Waals surface area contributed by atoms with Crippen LogP contribution in [0, 0.1) is 0 Å². The molecule has 0 saturated carbocycles. The second-order valence-corrected chi connectivity index (χ2v) is 5.19. The van der Waals surface area contributed by atoms with Gasteiger partial charge >= 0.3 is 0 Å². The Hall–Kier alpha value is -1.53. The van der Waals surface area contributed by atoms with E-state index in [1.165, 1.54) is 0 Å². The Labute approximate surface area is 135 Å². The highest BCUT2D eigenvalue weighted by Gasteiger charge is 2.13. The van der Waals surface area contributed by atoms with Crippen molar-refractivity contribution in [2.24, 2.45) is 5.10 Å². The molecule has 5 nitrogen and oxygen atoms in total. The minimum Gasteiger partial charge on any atom is -0.490 e. The standard InChI is InChI=1S/C14H20ClN3O2S/c1-5-19-12-7-10(8-17-18-14(21)16-4)6-11(15)13(12)20-9(2)3/h6-9H,5H2,1-4H3,(H2,16,18,21)/b17-8+. The molecule has 2 N–H and O–H groups in total. The molecule has 0 radical (unpaired) electrons. The van der Waals surface area contributed by atoms with Gasteiger partial charge in [0, 0.05) is 7.05 Å². The largest absolute Gasteiger partial charge is 0.490 e. The molecule has 0 aromatic heterocycles. The van der Waals surface area contributed by atoms with Crippen LogP contribution in [0.3, 0.4) is 0 Å². The molecular formula is C14H20ClN3O2S. The number of nitrogens with one attached hydrogen (secondary N) is 2. The molecule has 7 heteroatoms. The molecule has 0 spiro atoms. The summed E-state index contributed by atoms with van der Waals surface area (Å²) in [6, 6.07) is 3.58. The van der Waals surface area contributed by atoms with E-state index in [9.17, 15) is 0 Å². The number of nitrogens with zero attached hydrogens (tertiary/aromatic N) is 1. The summed E-state index contributed by atoms with van der Waals surface area (Å²) >= 11 is 11.2. The van der Waals surface area contributed by atoms with Crippen LogP contribution in [0.25, 0.3) is 0 Å². The van der Waals surface area contributed by atoms with Gasteiger partial charge in [-0.1, -0.05) is 11.6 Å². The number of hydrogen-bond acceptors (Lipinski definition) is 4. The fourth-order valence-corrected chi connectivity index (χ4v) is 1.81. The first-order valence-corrected chi connectivity index (χ1v) is 7.40. The molecule has 0 aliphatic carbocycles. The van der Waals surface area contributed by atoms with E-state index in [0.717, 1.165) is 5.56 Å². The molecule has 0 aliphatic rings. The van der Waals surface area contributed by atoms with Gasteiger partial charge in [0.15, 0.2) is 16.6 Å². The number of thiocarbonyl (C=S) groups is 1. The highest BCUT2D eigenvalue weighted by atomic mass is 35.5. The third kappa shape index (κ3) is 5.77. The Morgan fingerprint density at radius 3 is 2.76 bits per heavy atom. The van der Waals surface area contributed by atoms with Gasteiger partial charge in [-0.05, 0) is 50.7 Å². The molecule has 0 fully saturated rings. The first kappa shape index (κ1) is 17.5. The molecule has 1 aromatic carbocycles. The second-order valence-electron chi connectivity index (χ2n) is 4.38. The lowest BCUT2D eigenvalue weighted by Gasteiger charge is -2.16. The number of ether oxygens (including phenoxy) is 2. The number of halogens is 1. The zero-order valence-corrected chi connectivity index (χ0v) is 14.1. The number of hydrogen-bond donors (Lipinski definition) is 2. The molecule has 0 amide bonds. The van der Waals surface area contributed by atoms with Gasteiger partial charge in [-0.15, -0.1) is 0 Å². The summed E-state index contributed by atoms with van der Waals surface area (Å²) in [5.41, 5.74) is 3.46. The predicted octanol–water partition coefficient (Wildman–Crippen LogP) is 2.95. The molecule has 21 heavy (non-hydrogen) atoms. The van der Waals surface area contributed by atoms with Gasteiger partial charge in [0.1, 0.15) is 0 Å². The maximum absolute atomic E-state index is 6.26. The molecule has 0 saturated heterocycles. The molecule has 116 valence electrons. The Morgan fingerprint density at radius 2 is 2.19 bits per heavy atom. The van der Waals surface area contributed by atoms with Crippen LogP contribution in [-0.2, 0) is 0 Å². The molecule has 0 atom stereocenters. The Bertz CT molecular complexity index is 521. The van der Waals surface area contributed by atoms with Crippen LogP contribution in [0.4, 0.5) is 0 Å². The smallest absolute Gasteiger partial charge is 0.186 e. The van der Waals surface area contributed by atoms with Crippen molar-refractivity contribution in [2.75, 3.05) is 13.7 Å². The van der Waals surface area contributed by atoms with Gasteiger partial charge in [-0.2, -0.15) is 5.10 Å². The number of hydrazone groups is 1. The first-order chi connectivity index (χ1) is 9.97. The lowest BCUT2D eigenvalue weighted by Crippen LogP contribution is -2.28. The lowest BCUT2D eigenvalue weighted by molar-refractivity contribution is 0.224. The molecule has 0 aliphatic heterocycles. The third-order valence-corrected chi connectivity index (χ3v) is 2.87. The van der Waals surface area contributed by atoms with Crippen molar-refractivity contribution in [3.63, 3.8) is 0 Å². The van der Waals surface area contributed by atoms with Crippen molar-refractivity contribution >= 4 is 35.1 Å². The molecule has 1 rings (SSSR count). The van der Waals surface area contributed by atoms with E-state index in [1.54, 1.807) is 19.3 Å². The quantitative estimate of drug-likeness (QED) is 0.477. The average molecular weight is 330 g/mol. The lowest BCUT2D eigenvalue weighted by atomic mass is 10.2. The van der Waals surface area contributed by atoms with Crippen LogP contribution in [0.1, 0.15) is 26.3 Å². The van der Waals surface area contributed by atoms with E-state index in [-0.39, 0.29) is 6.10 Å². The summed E-state index contributed by atoms with van der Waals surface area (Å²) in [6.07, 6.45) is 1.62. The first-order valence-electron chi connectivity index (χ1n) is 6.61. The average Bonchev–Trinajstić information content (AvgIpc) is 2.42. The third-order valence-electron chi connectivity index (χ3n) is 2.29. The summed E-state index contributed by atoms with van der Waals surface area (Å²) in [5, 5.41) is 7.68. The summed E-state index contributed by atoms with van der Waals surface area (Å²) in [7, 11) is 1.72. The summed E-state index contributed by atoms with van der Waals surface area (Å²) in [4.78, 5) is 0. The second kappa shape index (κ2) is 8.69. The van der Waals surface area contributed by atoms with E-state index in [2.05, 4.69) is 15.8 Å². The van der Waals surface area contributed by atoms with E-state index in [4.69, 9.17) is 33.3 Å². The van der Waals surface area contributed by atoms with Crippen molar-refractivity contribution in [1.29, 1.82) is 0 Å². The highest BCUT2D eigenvalue weighted by molar-refractivity contribution is 7.80. The molecule has 0 bridgehead atoms. The van der Waals surface area contributed by atoms with Crippen LogP contribution in [-0.4, -0.2) is 31.1 Å². The van der Waals surface area contributed by atoms with E-state index in [0.29, 0.717) is 28.2 Å². The maximum atomic E-state index is 6.26. The summed E-state index contributed by atoms with van der Waals surface area (Å²) in [5.74, 6) is 1.14. The van der Waals surface area contributed by atoms with Crippen molar-refractivity contribution in [3.05, 3.63) is 22.7 Å². The molecule has 0 unspecified atom stereocenters. The van der Waals surface area contributed by atoms with Gasteiger partial charge < -0.3 is 14.8 Å².